The smallest absolute Gasteiger partial charge is 0.232 e. The summed E-state index contributed by atoms with van der Waals surface area (Å²) in [5.74, 6) is 0.277. The molecule has 0 aromatic heterocycles. The number of hydrogen-bond donors (Lipinski definition) is 2. The molecule has 0 amide bonds. The Labute approximate surface area is 115 Å². The number of phenolic OH excluding ortho intramolecular Hbond substituents is 1. The van der Waals surface area contributed by atoms with Crippen molar-refractivity contribution in [2.24, 2.45) is 0 Å². The van der Waals surface area contributed by atoms with Crippen LogP contribution in [-0.4, -0.2) is 19.3 Å². The molecule has 1 aromatic rings. The molecule has 0 aliphatic carbocycles. The Morgan fingerprint density at radius 3 is 2.21 bits per heavy atom. The SMILES string of the molecule is CCCCCCCCS(=O)(=O)Nc1ccc(O)cc1. The van der Waals surface area contributed by atoms with Crippen LogP contribution in [0.2, 0.25) is 0 Å². The quantitative estimate of drug-likeness (QED) is 0.539. The summed E-state index contributed by atoms with van der Waals surface area (Å²) in [6.45, 7) is 2.16. The fourth-order valence-electron chi connectivity index (χ4n) is 1.83. The molecule has 0 saturated heterocycles. The Hall–Kier alpha value is -1.23. The number of hydrogen-bond acceptors (Lipinski definition) is 3. The van der Waals surface area contributed by atoms with Crippen molar-refractivity contribution < 1.29 is 13.5 Å². The van der Waals surface area contributed by atoms with Crippen molar-refractivity contribution in [1.82, 2.24) is 0 Å². The summed E-state index contributed by atoms with van der Waals surface area (Å²) >= 11 is 0. The fraction of sp³-hybridized carbons (Fsp3) is 0.571. The summed E-state index contributed by atoms with van der Waals surface area (Å²) in [5.41, 5.74) is 0.490. The van der Waals surface area contributed by atoms with Gasteiger partial charge in [-0.3, -0.25) is 4.72 Å². The first-order valence-corrected chi connectivity index (χ1v) is 8.48. The van der Waals surface area contributed by atoms with Crippen LogP contribution in [-0.2, 0) is 10.0 Å². The van der Waals surface area contributed by atoms with E-state index in [1.807, 2.05) is 0 Å². The lowest BCUT2D eigenvalue weighted by atomic mass is 10.1. The molecule has 0 unspecified atom stereocenters. The number of anilines is 1. The molecule has 1 rings (SSSR count). The third-order valence-electron chi connectivity index (χ3n) is 2.91. The predicted molar refractivity (Wildman–Crippen MR) is 78.9 cm³/mol. The van der Waals surface area contributed by atoms with Crippen molar-refractivity contribution in [2.45, 2.75) is 45.4 Å². The molecule has 0 saturated carbocycles. The number of rotatable bonds is 9. The van der Waals surface area contributed by atoms with Crippen LogP contribution in [0.5, 0.6) is 5.75 Å². The lowest BCUT2D eigenvalue weighted by Gasteiger charge is -2.08. The normalized spacial score (nSPS) is 11.4. The van der Waals surface area contributed by atoms with E-state index in [4.69, 9.17) is 5.11 Å². The highest BCUT2D eigenvalue weighted by Crippen LogP contribution is 2.15. The highest BCUT2D eigenvalue weighted by Gasteiger charge is 2.09. The molecule has 0 radical (unpaired) electrons. The maximum Gasteiger partial charge on any atom is 0.232 e. The summed E-state index contributed by atoms with van der Waals surface area (Å²) in [5, 5.41) is 9.12. The molecule has 4 nitrogen and oxygen atoms in total. The highest BCUT2D eigenvalue weighted by atomic mass is 32.2. The van der Waals surface area contributed by atoms with Gasteiger partial charge in [0.15, 0.2) is 0 Å². The molecule has 1 aromatic carbocycles. The predicted octanol–water partition coefficient (Wildman–Crippen LogP) is 3.49. The number of benzene rings is 1. The minimum Gasteiger partial charge on any atom is -0.508 e. The monoisotopic (exact) mass is 285 g/mol. The zero-order valence-corrected chi connectivity index (χ0v) is 12.2. The molecule has 0 fully saturated rings. The second-order valence-electron chi connectivity index (χ2n) is 4.74. The summed E-state index contributed by atoms with van der Waals surface area (Å²) in [7, 11) is -3.27. The van der Waals surface area contributed by atoms with E-state index in [0.717, 1.165) is 12.8 Å². The minimum absolute atomic E-state index is 0.124. The topological polar surface area (TPSA) is 66.4 Å². The molecular weight excluding hydrogens is 262 g/mol. The number of phenols is 1. The third kappa shape index (κ3) is 7.06. The van der Waals surface area contributed by atoms with Gasteiger partial charge in [-0.2, -0.15) is 0 Å². The number of unbranched alkanes of at least 4 members (excludes halogenated alkanes) is 5. The second-order valence-corrected chi connectivity index (χ2v) is 6.58. The lowest BCUT2D eigenvalue weighted by Crippen LogP contribution is -2.16. The third-order valence-corrected chi connectivity index (χ3v) is 4.28. The average Bonchev–Trinajstić information content (AvgIpc) is 2.36. The number of nitrogens with one attached hydrogen (secondary N) is 1. The van der Waals surface area contributed by atoms with Gasteiger partial charge in [-0.05, 0) is 30.7 Å². The Balaban J connectivity index is 2.30. The van der Waals surface area contributed by atoms with Crippen LogP contribution in [0.4, 0.5) is 5.69 Å². The van der Waals surface area contributed by atoms with Crippen LogP contribution in [0, 0.1) is 0 Å². The van der Waals surface area contributed by atoms with E-state index in [1.54, 1.807) is 12.1 Å². The summed E-state index contributed by atoms with van der Waals surface area (Å²) in [4.78, 5) is 0. The molecule has 2 N–H and O–H groups in total. The van der Waals surface area contributed by atoms with Crippen molar-refractivity contribution in [2.75, 3.05) is 10.5 Å². The fourth-order valence-corrected chi connectivity index (χ4v) is 3.01. The first-order valence-electron chi connectivity index (χ1n) is 6.83. The molecule has 0 aliphatic heterocycles. The van der Waals surface area contributed by atoms with E-state index in [0.29, 0.717) is 12.1 Å². The zero-order valence-electron chi connectivity index (χ0n) is 11.4. The maximum absolute atomic E-state index is 11.8. The highest BCUT2D eigenvalue weighted by molar-refractivity contribution is 7.92. The Morgan fingerprint density at radius 1 is 1.00 bits per heavy atom. The van der Waals surface area contributed by atoms with Gasteiger partial charge in [-0.25, -0.2) is 8.42 Å². The molecule has 0 aliphatic rings. The molecule has 0 heterocycles. The van der Waals surface area contributed by atoms with Crippen molar-refractivity contribution >= 4 is 15.7 Å². The largest absolute Gasteiger partial charge is 0.508 e. The number of aromatic hydroxyl groups is 1. The van der Waals surface area contributed by atoms with Gasteiger partial charge in [0.05, 0.1) is 5.75 Å². The first kappa shape index (κ1) is 15.8. The zero-order chi connectivity index (χ0) is 14.1. The van der Waals surface area contributed by atoms with Crippen LogP contribution in [0.25, 0.3) is 0 Å². The molecule has 108 valence electrons. The van der Waals surface area contributed by atoms with Crippen molar-refractivity contribution in [3.63, 3.8) is 0 Å². The van der Waals surface area contributed by atoms with E-state index >= 15 is 0 Å². The Kier molecular flexibility index (Phi) is 6.70. The minimum atomic E-state index is -3.27. The van der Waals surface area contributed by atoms with Gasteiger partial charge in [0.25, 0.3) is 0 Å². The van der Waals surface area contributed by atoms with Crippen LogP contribution in [0.15, 0.2) is 24.3 Å². The summed E-state index contributed by atoms with van der Waals surface area (Å²) < 4.78 is 26.1. The maximum atomic E-state index is 11.8. The first-order chi connectivity index (χ1) is 9.03. The van der Waals surface area contributed by atoms with Gasteiger partial charge in [0, 0.05) is 5.69 Å². The molecule has 19 heavy (non-hydrogen) atoms. The summed E-state index contributed by atoms with van der Waals surface area (Å²) in [6.07, 6.45) is 6.34. The molecule has 0 bridgehead atoms. The molecule has 0 atom stereocenters. The van der Waals surface area contributed by atoms with E-state index < -0.39 is 10.0 Å². The second kappa shape index (κ2) is 8.04. The van der Waals surface area contributed by atoms with Gasteiger partial charge in [-0.15, -0.1) is 0 Å². The van der Waals surface area contributed by atoms with Crippen LogP contribution in [0.3, 0.4) is 0 Å². The van der Waals surface area contributed by atoms with Crippen molar-refractivity contribution in [3.05, 3.63) is 24.3 Å². The van der Waals surface area contributed by atoms with Gasteiger partial charge >= 0.3 is 0 Å². The molecule has 5 heteroatoms. The number of sulfonamides is 1. The van der Waals surface area contributed by atoms with E-state index in [1.165, 1.54) is 31.4 Å². The van der Waals surface area contributed by atoms with E-state index in [9.17, 15) is 8.42 Å². The standard InChI is InChI=1S/C14H23NO3S/c1-2-3-4-5-6-7-12-19(17,18)15-13-8-10-14(16)11-9-13/h8-11,15-16H,2-7,12H2,1H3. The average molecular weight is 285 g/mol. The van der Waals surface area contributed by atoms with E-state index in [-0.39, 0.29) is 11.5 Å². The lowest BCUT2D eigenvalue weighted by molar-refractivity contribution is 0.475. The van der Waals surface area contributed by atoms with Gasteiger partial charge < -0.3 is 5.11 Å². The van der Waals surface area contributed by atoms with E-state index in [2.05, 4.69) is 11.6 Å². The Bertz CT molecular complexity index is 454. The van der Waals surface area contributed by atoms with Gasteiger partial charge in [0.1, 0.15) is 5.75 Å². The van der Waals surface area contributed by atoms with Crippen molar-refractivity contribution in [1.29, 1.82) is 0 Å². The van der Waals surface area contributed by atoms with Crippen LogP contribution in [0.1, 0.15) is 45.4 Å². The van der Waals surface area contributed by atoms with Gasteiger partial charge in [0.2, 0.25) is 10.0 Å². The summed E-state index contributed by atoms with van der Waals surface area (Å²) in [6, 6.07) is 6.02. The van der Waals surface area contributed by atoms with Gasteiger partial charge in [-0.1, -0.05) is 39.0 Å². The van der Waals surface area contributed by atoms with Crippen molar-refractivity contribution in [3.8, 4) is 5.75 Å². The van der Waals surface area contributed by atoms with Crippen LogP contribution >= 0.6 is 0 Å². The van der Waals surface area contributed by atoms with Crippen LogP contribution < -0.4 is 4.72 Å². The Morgan fingerprint density at radius 2 is 1.58 bits per heavy atom. The molecular formula is C14H23NO3S. The molecule has 0 spiro atoms.